The van der Waals surface area contributed by atoms with E-state index in [1.807, 2.05) is 19.1 Å². The van der Waals surface area contributed by atoms with Gasteiger partial charge in [-0.3, -0.25) is 4.79 Å². The Kier molecular flexibility index (Phi) is 2.23. The molecular weight excluding hydrogens is 200 g/mol. The molecule has 0 radical (unpaired) electrons. The highest BCUT2D eigenvalue weighted by molar-refractivity contribution is 6.31. The number of halogens is 1. The lowest BCUT2D eigenvalue weighted by atomic mass is 10.1. The fraction of sp³-hybridized carbons (Fsp3) is 0.364. The summed E-state index contributed by atoms with van der Waals surface area (Å²) in [5.41, 5.74) is 3.25. The van der Waals surface area contributed by atoms with Crippen molar-refractivity contribution in [3.8, 4) is 0 Å². The Bertz CT molecular complexity index is 368. The van der Waals surface area contributed by atoms with Crippen molar-refractivity contribution in [3.05, 3.63) is 33.8 Å². The van der Waals surface area contributed by atoms with Gasteiger partial charge in [-0.15, -0.1) is 0 Å². The SMILES string of the molecule is Cc1cc2c(cc1Cl)CC(C(=O)O)C2. The van der Waals surface area contributed by atoms with Gasteiger partial charge < -0.3 is 5.11 Å². The predicted octanol–water partition coefficient (Wildman–Crippen LogP) is 2.45. The zero-order valence-corrected chi connectivity index (χ0v) is 8.64. The van der Waals surface area contributed by atoms with Crippen LogP contribution in [0.1, 0.15) is 16.7 Å². The van der Waals surface area contributed by atoms with Gasteiger partial charge in [0.1, 0.15) is 0 Å². The quantitative estimate of drug-likeness (QED) is 0.773. The molecule has 1 aromatic carbocycles. The minimum absolute atomic E-state index is 0.261. The molecule has 0 amide bonds. The summed E-state index contributed by atoms with van der Waals surface area (Å²) in [6, 6.07) is 3.90. The Balaban J connectivity index is 2.36. The summed E-state index contributed by atoms with van der Waals surface area (Å²) in [4.78, 5) is 10.8. The summed E-state index contributed by atoms with van der Waals surface area (Å²) in [6.45, 7) is 1.94. The number of hydrogen-bond acceptors (Lipinski definition) is 1. The third-order valence-electron chi connectivity index (χ3n) is 2.76. The molecule has 1 atom stereocenters. The Morgan fingerprint density at radius 2 is 2.00 bits per heavy atom. The fourth-order valence-corrected chi connectivity index (χ4v) is 2.13. The van der Waals surface area contributed by atoms with Crippen LogP contribution in [0, 0.1) is 12.8 Å². The van der Waals surface area contributed by atoms with E-state index in [4.69, 9.17) is 16.7 Å². The number of rotatable bonds is 1. The van der Waals surface area contributed by atoms with Gasteiger partial charge in [0.15, 0.2) is 0 Å². The molecular formula is C11H11ClO2. The topological polar surface area (TPSA) is 37.3 Å². The molecule has 74 valence electrons. The van der Waals surface area contributed by atoms with Gasteiger partial charge >= 0.3 is 5.97 Å². The van der Waals surface area contributed by atoms with Gasteiger partial charge in [-0.25, -0.2) is 0 Å². The molecule has 3 heteroatoms. The first kappa shape index (κ1) is 9.53. The molecule has 0 heterocycles. The van der Waals surface area contributed by atoms with Gasteiger partial charge in [0.2, 0.25) is 0 Å². The minimum Gasteiger partial charge on any atom is -0.481 e. The van der Waals surface area contributed by atoms with Crippen LogP contribution >= 0.6 is 11.6 Å². The van der Waals surface area contributed by atoms with Crippen molar-refractivity contribution in [1.82, 2.24) is 0 Å². The number of carboxylic acids is 1. The van der Waals surface area contributed by atoms with Crippen molar-refractivity contribution in [3.63, 3.8) is 0 Å². The number of carbonyl (C=O) groups is 1. The van der Waals surface area contributed by atoms with Crippen LogP contribution in [0.2, 0.25) is 5.02 Å². The largest absolute Gasteiger partial charge is 0.481 e. The fourth-order valence-electron chi connectivity index (χ4n) is 1.94. The normalized spacial score (nSPS) is 19.4. The van der Waals surface area contributed by atoms with Gasteiger partial charge in [0.05, 0.1) is 5.92 Å². The van der Waals surface area contributed by atoms with Crippen LogP contribution in [0.3, 0.4) is 0 Å². The van der Waals surface area contributed by atoms with Crippen LogP contribution in [-0.4, -0.2) is 11.1 Å². The first-order valence-electron chi connectivity index (χ1n) is 4.58. The molecule has 1 aromatic rings. The molecule has 1 unspecified atom stereocenters. The number of benzene rings is 1. The molecule has 0 fully saturated rings. The molecule has 0 bridgehead atoms. The first-order chi connectivity index (χ1) is 6.58. The smallest absolute Gasteiger partial charge is 0.307 e. The van der Waals surface area contributed by atoms with Crippen LogP contribution < -0.4 is 0 Å². The van der Waals surface area contributed by atoms with Crippen molar-refractivity contribution in [2.45, 2.75) is 19.8 Å². The van der Waals surface area contributed by atoms with Crippen molar-refractivity contribution in [1.29, 1.82) is 0 Å². The van der Waals surface area contributed by atoms with Gasteiger partial charge in [-0.2, -0.15) is 0 Å². The van der Waals surface area contributed by atoms with E-state index >= 15 is 0 Å². The van der Waals surface area contributed by atoms with Crippen LogP contribution in [0.15, 0.2) is 12.1 Å². The second kappa shape index (κ2) is 3.28. The summed E-state index contributed by atoms with van der Waals surface area (Å²) in [7, 11) is 0. The van der Waals surface area contributed by atoms with Crippen LogP contribution in [0.4, 0.5) is 0 Å². The Morgan fingerprint density at radius 3 is 2.57 bits per heavy atom. The zero-order chi connectivity index (χ0) is 10.3. The molecule has 0 aliphatic heterocycles. The lowest BCUT2D eigenvalue weighted by Crippen LogP contribution is -2.12. The van der Waals surface area contributed by atoms with E-state index in [9.17, 15) is 4.79 Å². The standard InChI is InChI=1S/C11H11ClO2/c1-6-2-7-3-9(11(13)14)4-8(7)5-10(6)12/h2,5,9H,3-4H2,1H3,(H,13,14). The number of aliphatic carboxylic acids is 1. The number of hydrogen-bond donors (Lipinski definition) is 1. The molecule has 0 spiro atoms. The molecule has 1 aliphatic rings. The highest BCUT2D eigenvalue weighted by Gasteiger charge is 2.27. The highest BCUT2D eigenvalue weighted by Crippen LogP contribution is 2.31. The average Bonchev–Trinajstić information content (AvgIpc) is 2.48. The average molecular weight is 211 g/mol. The molecule has 1 aliphatic carbocycles. The number of fused-ring (bicyclic) bond motifs is 1. The first-order valence-corrected chi connectivity index (χ1v) is 4.96. The maximum atomic E-state index is 10.8. The van der Waals surface area contributed by atoms with E-state index in [0.717, 1.165) is 21.7 Å². The molecule has 2 rings (SSSR count). The predicted molar refractivity (Wildman–Crippen MR) is 54.7 cm³/mol. The summed E-state index contributed by atoms with van der Waals surface area (Å²) in [5.74, 6) is -0.974. The van der Waals surface area contributed by atoms with E-state index in [1.165, 1.54) is 0 Å². The molecule has 14 heavy (non-hydrogen) atoms. The monoisotopic (exact) mass is 210 g/mol. The summed E-state index contributed by atoms with van der Waals surface area (Å²) < 4.78 is 0. The van der Waals surface area contributed by atoms with Gasteiger partial charge in [-0.05, 0) is 42.5 Å². The molecule has 0 saturated carbocycles. The third-order valence-corrected chi connectivity index (χ3v) is 3.17. The van der Waals surface area contributed by atoms with Crippen LogP contribution in [-0.2, 0) is 17.6 Å². The van der Waals surface area contributed by atoms with Gasteiger partial charge in [0.25, 0.3) is 0 Å². The third kappa shape index (κ3) is 1.50. The maximum Gasteiger partial charge on any atom is 0.307 e. The Morgan fingerprint density at radius 1 is 1.43 bits per heavy atom. The van der Waals surface area contributed by atoms with Gasteiger partial charge in [-0.1, -0.05) is 17.7 Å². The van der Waals surface area contributed by atoms with Gasteiger partial charge in [0, 0.05) is 5.02 Å². The van der Waals surface area contributed by atoms with Crippen molar-refractivity contribution < 1.29 is 9.90 Å². The summed E-state index contributed by atoms with van der Waals surface area (Å²) >= 11 is 5.97. The lowest BCUT2D eigenvalue weighted by molar-refractivity contribution is -0.141. The summed E-state index contributed by atoms with van der Waals surface area (Å²) in [5, 5.41) is 9.62. The number of aryl methyl sites for hydroxylation is 1. The summed E-state index contributed by atoms with van der Waals surface area (Å²) in [6.07, 6.45) is 1.26. The Hall–Kier alpha value is -1.02. The van der Waals surface area contributed by atoms with E-state index in [-0.39, 0.29) is 5.92 Å². The van der Waals surface area contributed by atoms with Crippen molar-refractivity contribution in [2.24, 2.45) is 5.92 Å². The zero-order valence-electron chi connectivity index (χ0n) is 7.88. The molecule has 2 nitrogen and oxygen atoms in total. The van der Waals surface area contributed by atoms with E-state index in [2.05, 4.69) is 0 Å². The molecule has 0 aromatic heterocycles. The van der Waals surface area contributed by atoms with E-state index in [0.29, 0.717) is 12.8 Å². The lowest BCUT2D eigenvalue weighted by Gasteiger charge is -2.02. The van der Waals surface area contributed by atoms with Crippen molar-refractivity contribution in [2.75, 3.05) is 0 Å². The molecule has 1 N–H and O–H groups in total. The van der Waals surface area contributed by atoms with E-state index < -0.39 is 5.97 Å². The molecule has 0 saturated heterocycles. The second-order valence-corrected chi connectivity index (χ2v) is 4.22. The minimum atomic E-state index is -0.713. The van der Waals surface area contributed by atoms with Crippen LogP contribution in [0.25, 0.3) is 0 Å². The second-order valence-electron chi connectivity index (χ2n) is 3.81. The van der Waals surface area contributed by atoms with Crippen LogP contribution in [0.5, 0.6) is 0 Å². The Labute approximate surface area is 87.5 Å². The van der Waals surface area contributed by atoms with E-state index in [1.54, 1.807) is 0 Å². The number of carboxylic acid groups (broad SMARTS) is 1. The maximum absolute atomic E-state index is 10.8. The highest BCUT2D eigenvalue weighted by atomic mass is 35.5. The van der Waals surface area contributed by atoms with Crippen molar-refractivity contribution >= 4 is 17.6 Å².